The molecule has 0 amide bonds. The first kappa shape index (κ1) is 11.7. The highest BCUT2D eigenvalue weighted by Gasteiger charge is 2.24. The van der Waals surface area contributed by atoms with Crippen LogP contribution in [0.25, 0.3) is 5.52 Å². The van der Waals surface area contributed by atoms with E-state index in [9.17, 15) is 0 Å². The van der Waals surface area contributed by atoms with Crippen molar-refractivity contribution in [3.05, 3.63) is 71.0 Å². The fraction of sp³-hybridized carbons (Fsp3) is 0.278. The fourth-order valence-corrected chi connectivity index (χ4v) is 3.34. The fourth-order valence-electron chi connectivity index (χ4n) is 3.34. The van der Waals surface area contributed by atoms with Gasteiger partial charge in [-0.15, -0.1) is 0 Å². The zero-order valence-electron chi connectivity index (χ0n) is 11.7. The lowest BCUT2D eigenvalue weighted by molar-refractivity contribution is 0.580. The molecule has 0 bridgehead atoms. The van der Waals surface area contributed by atoms with Crippen molar-refractivity contribution in [2.24, 2.45) is 0 Å². The maximum Gasteiger partial charge on any atom is 0.0696 e. The molecule has 0 N–H and O–H groups in total. The second-order valence-electron chi connectivity index (χ2n) is 5.81. The minimum Gasteiger partial charge on any atom is -0.240 e. The average molecular weight is 262 g/mol. The summed E-state index contributed by atoms with van der Waals surface area (Å²) in [6.07, 6.45) is 5.55. The van der Waals surface area contributed by atoms with Crippen molar-refractivity contribution in [3.8, 4) is 0 Å². The van der Waals surface area contributed by atoms with Gasteiger partial charge in [-0.1, -0.05) is 36.4 Å². The summed E-state index contributed by atoms with van der Waals surface area (Å²) < 4.78 is 2.06. The first-order chi connectivity index (χ1) is 9.81. The number of fused-ring (bicyclic) bond motifs is 3. The molecule has 0 spiro atoms. The van der Waals surface area contributed by atoms with E-state index in [1.807, 2.05) is 0 Å². The Labute approximate surface area is 119 Å². The molecule has 100 valence electrons. The molecule has 1 atom stereocenters. The monoisotopic (exact) mass is 262 g/mol. The van der Waals surface area contributed by atoms with Crippen LogP contribution >= 0.6 is 0 Å². The van der Waals surface area contributed by atoms with Gasteiger partial charge in [-0.3, -0.25) is 0 Å². The standard InChI is InChI=1S/C18H18N2/c1-13-7-10-18-16-11-15(14-5-3-2-4-6-14)8-9-17(16)19-20(18)12-13/h2-7,10,12,15H,8-9,11H2,1H3/t15-/m0/s1. The van der Waals surface area contributed by atoms with Crippen LogP contribution in [0.3, 0.4) is 0 Å². The maximum atomic E-state index is 4.76. The molecule has 0 radical (unpaired) electrons. The van der Waals surface area contributed by atoms with Crippen molar-refractivity contribution in [2.45, 2.75) is 32.1 Å². The van der Waals surface area contributed by atoms with Gasteiger partial charge in [-0.25, -0.2) is 4.52 Å². The number of hydrogen-bond acceptors (Lipinski definition) is 1. The van der Waals surface area contributed by atoms with Gasteiger partial charge >= 0.3 is 0 Å². The highest BCUT2D eigenvalue weighted by atomic mass is 15.2. The summed E-state index contributed by atoms with van der Waals surface area (Å²) in [4.78, 5) is 0. The molecule has 0 saturated carbocycles. The third-order valence-corrected chi connectivity index (χ3v) is 4.41. The van der Waals surface area contributed by atoms with Gasteiger partial charge in [0.15, 0.2) is 0 Å². The summed E-state index contributed by atoms with van der Waals surface area (Å²) in [6.45, 7) is 2.12. The maximum absolute atomic E-state index is 4.76. The molecule has 1 aliphatic carbocycles. The van der Waals surface area contributed by atoms with Crippen LogP contribution in [0.15, 0.2) is 48.7 Å². The van der Waals surface area contributed by atoms with Crippen LogP contribution in [0.1, 0.15) is 34.7 Å². The number of pyridine rings is 1. The smallest absolute Gasteiger partial charge is 0.0696 e. The van der Waals surface area contributed by atoms with E-state index >= 15 is 0 Å². The molecule has 1 aliphatic rings. The van der Waals surface area contributed by atoms with E-state index in [0.717, 1.165) is 12.8 Å². The molecule has 2 nitrogen and oxygen atoms in total. The normalized spacial score (nSPS) is 18.1. The van der Waals surface area contributed by atoms with Gasteiger partial charge in [0.2, 0.25) is 0 Å². The molecule has 3 aromatic rings. The zero-order valence-corrected chi connectivity index (χ0v) is 11.7. The Morgan fingerprint density at radius 3 is 2.80 bits per heavy atom. The van der Waals surface area contributed by atoms with Crippen molar-refractivity contribution in [2.75, 3.05) is 0 Å². The van der Waals surface area contributed by atoms with E-state index in [0.29, 0.717) is 5.92 Å². The Hall–Kier alpha value is -2.09. The third kappa shape index (κ3) is 1.83. The summed E-state index contributed by atoms with van der Waals surface area (Å²) in [5, 5.41) is 4.76. The van der Waals surface area contributed by atoms with Gasteiger partial charge in [-0.2, -0.15) is 5.10 Å². The molecule has 1 aromatic carbocycles. The van der Waals surface area contributed by atoms with Crippen LogP contribution in [-0.4, -0.2) is 9.61 Å². The molecule has 4 rings (SSSR count). The first-order valence-electron chi connectivity index (χ1n) is 7.33. The van der Waals surface area contributed by atoms with Crippen LogP contribution < -0.4 is 0 Å². The molecule has 2 heterocycles. The Balaban J connectivity index is 1.77. The average Bonchev–Trinajstić information content (AvgIpc) is 2.84. The third-order valence-electron chi connectivity index (χ3n) is 4.41. The lowest BCUT2D eigenvalue weighted by Crippen LogP contribution is -2.11. The molecule has 0 saturated heterocycles. The number of rotatable bonds is 1. The minimum atomic E-state index is 0.637. The molecule has 0 unspecified atom stereocenters. The Morgan fingerprint density at radius 1 is 1.10 bits per heavy atom. The highest BCUT2D eigenvalue weighted by Crippen LogP contribution is 2.34. The van der Waals surface area contributed by atoms with Crippen LogP contribution in [0.2, 0.25) is 0 Å². The number of aromatic nitrogens is 2. The number of aryl methyl sites for hydroxylation is 2. The zero-order chi connectivity index (χ0) is 13.5. The van der Waals surface area contributed by atoms with Gasteiger partial charge in [0, 0.05) is 11.8 Å². The van der Waals surface area contributed by atoms with Gasteiger partial charge < -0.3 is 0 Å². The summed E-state index contributed by atoms with van der Waals surface area (Å²) in [5.74, 6) is 0.637. The van der Waals surface area contributed by atoms with E-state index in [1.54, 1.807) is 0 Å². The number of hydrogen-bond donors (Lipinski definition) is 0. The van der Waals surface area contributed by atoms with Crippen molar-refractivity contribution >= 4 is 5.52 Å². The van der Waals surface area contributed by atoms with Crippen LogP contribution in [0.5, 0.6) is 0 Å². The molecular weight excluding hydrogens is 244 g/mol. The van der Waals surface area contributed by atoms with E-state index < -0.39 is 0 Å². The minimum absolute atomic E-state index is 0.637. The van der Waals surface area contributed by atoms with Crippen LogP contribution in [0, 0.1) is 6.92 Å². The predicted octanol–water partition coefficient (Wildman–Crippen LogP) is 3.92. The molecular formula is C18H18N2. The lowest BCUT2D eigenvalue weighted by atomic mass is 9.82. The van der Waals surface area contributed by atoms with Crippen LogP contribution in [-0.2, 0) is 12.8 Å². The predicted molar refractivity (Wildman–Crippen MR) is 81.1 cm³/mol. The molecule has 0 fully saturated rings. The summed E-state index contributed by atoms with van der Waals surface area (Å²) in [7, 11) is 0. The number of benzene rings is 1. The lowest BCUT2D eigenvalue weighted by Gasteiger charge is -2.21. The van der Waals surface area contributed by atoms with E-state index in [1.165, 1.54) is 34.3 Å². The Morgan fingerprint density at radius 2 is 1.95 bits per heavy atom. The van der Waals surface area contributed by atoms with E-state index in [-0.39, 0.29) is 0 Å². The van der Waals surface area contributed by atoms with E-state index in [2.05, 4.69) is 60.1 Å². The van der Waals surface area contributed by atoms with Crippen molar-refractivity contribution in [1.82, 2.24) is 9.61 Å². The van der Waals surface area contributed by atoms with Crippen molar-refractivity contribution < 1.29 is 0 Å². The quantitative estimate of drug-likeness (QED) is 0.650. The number of nitrogens with zero attached hydrogens (tertiary/aromatic N) is 2. The van der Waals surface area contributed by atoms with Crippen molar-refractivity contribution in [1.29, 1.82) is 0 Å². The van der Waals surface area contributed by atoms with Gasteiger partial charge in [0.25, 0.3) is 0 Å². The second-order valence-corrected chi connectivity index (χ2v) is 5.81. The van der Waals surface area contributed by atoms with Gasteiger partial charge in [-0.05, 0) is 49.3 Å². The summed E-state index contributed by atoms with van der Waals surface area (Å²) >= 11 is 0. The van der Waals surface area contributed by atoms with E-state index in [4.69, 9.17) is 5.10 Å². The first-order valence-corrected chi connectivity index (χ1v) is 7.33. The summed E-state index contributed by atoms with van der Waals surface area (Å²) in [6, 6.07) is 15.3. The second kappa shape index (κ2) is 4.48. The van der Waals surface area contributed by atoms with Gasteiger partial charge in [0.1, 0.15) is 0 Å². The van der Waals surface area contributed by atoms with Crippen molar-refractivity contribution in [3.63, 3.8) is 0 Å². The van der Waals surface area contributed by atoms with Crippen LogP contribution in [0.4, 0.5) is 0 Å². The largest absolute Gasteiger partial charge is 0.240 e. The summed E-state index contributed by atoms with van der Waals surface area (Å²) in [5.41, 5.74) is 6.75. The Kier molecular flexibility index (Phi) is 2.62. The Bertz CT molecular complexity index is 756. The molecule has 20 heavy (non-hydrogen) atoms. The SMILES string of the molecule is Cc1ccc2c3c(nn2c1)CC[C@H](c1ccccc1)C3. The highest BCUT2D eigenvalue weighted by molar-refractivity contribution is 5.58. The molecule has 2 aromatic heterocycles. The van der Waals surface area contributed by atoms with Gasteiger partial charge in [0.05, 0.1) is 11.2 Å². The topological polar surface area (TPSA) is 17.3 Å². The molecule has 2 heteroatoms. The molecule has 0 aliphatic heterocycles.